The van der Waals surface area contributed by atoms with E-state index in [1.54, 1.807) is 0 Å². The fourth-order valence-electron chi connectivity index (χ4n) is 3.90. The molecule has 6 nitrogen and oxygen atoms in total. The molecular weight excluding hydrogens is 342 g/mol. The van der Waals surface area contributed by atoms with Crippen LogP contribution in [0.2, 0.25) is 0 Å². The van der Waals surface area contributed by atoms with Gasteiger partial charge in [0.1, 0.15) is 0 Å². The molecule has 0 spiro atoms. The predicted molar refractivity (Wildman–Crippen MR) is 106 cm³/mol. The minimum Gasteiger partial charge on any atom is -0.381 e. The average molecular weight is 373 g/mol. The second-order valence-corrected chi connectivity index (χ2v) is 7.54. The Morgan fingerprint density at radius 2 is 1.70 bits per heavy atom. The first-order valence-electron chi connectivity index (χ1n) is 10.2. The van der Waals surface area contributed by atoms with Gasteiger partial charge in [-0.2, -0.15) is 0 Å². The summed E-state index contributed by atoms with van der Waals surface area (Å²) in [4.78, 5) is 26.7. The SMILES string of the molecule is CCc1ccc(NC(=O)C(=O)NCC2CCN(C3CCOCC3)CC2)cc1. The summed E-state index contributed by atoms with van der Waals surface area (Å²) < 4.78 is 5.44. The third-order valence-electron chi connectivity index (χ3n) is 5.73. The summed E-state index contributed by atoms with van der Waals surface area (Å²) in [5.41, 5.74) is 1.85. The number of amides is 2. The molecule has 0 bridgehead atoms. The Bertz CT molecular complexity index is 618. The molecule has 3 rings (SSSR count). The molecule has 0 radical (unpaired) electrons. The van der Waals surface area contributed by atoms with Crippen LogP contribution in [-0.4, -0.2) is 55.6 Å². The molecule has 2 saturated heterocycles. The second kappa shape index (κ2) is 9.85. The number of likely N-dealkylation sites (tertiary alicyclic amines) is 1. The number of carbonyl (C=O) groups is 2. The largest absolute Gasteiger partial charge is 0.381 e. The van der Waals surface area contributed by atoms with Crippen molar-refractivity contribution in [2.24, 2.45) is 5.92 Å². The smallest absolute Gasteiger partial charge is 0.313 e. The number of rotatable bonds is 5. The number of aryl methyl sites for hydroxylation is 1. The fourth-order valence-corrected chi connectivity index (χ4v) is 3.90. The van der Waals surface area contributed by atoms with Crippen LogP contribution in [0.1, 0.15) is 38.2 Å². The van der Waals surface area contributed by atoms with Crippen molar-refractivity contribution in [2.75, 3.05) is 38.2 Å². The summed E-state index contributed by atoms with van der Waals surface area (Å²) in [6, 6.07) is 8.23. The molecular formula is C21H31N3O3. The van der Waals surface area contributed by atoms with E-state index in [0.717, 1.165) is 58.4 Å². The number of nitrogens with one attached hydrogen (secondary N) is 2. The van der Waals surface area contributed by atoms with Crippen LogP contribution in [0.25, 0.3) is 0 Å². The summed E-state index contributed by atoms with van der Waals surface area (Å²) in [5, 5.41) is 5.46. The van der Waals surface area contributed by atoms with Crippen LogP contribution in [0.3, 0.4) is 0 Å². The second-order valence-electron chi connectivity index (χ2n) is 7.54. The van der Waals surface area contributed by atoms with Crippen LogP contribution >= 0.6 is 0 Å². The number of carbonyl (C=O) groups excluding carboxylic acids is 2. The molecule has 2 amide bonds. The molecule has 0 aliphatic carbocycles. The van der Waals surface area contributed by atoms with Gasteiger partial charge in [-0.05, 0) is 68.8 Å². The van der Waals surface area contributed by atoms with Gasteiger partial charge < -0.3 is 20.3 Å². The normalized spacial score (nSPS) is 19.6. The standard InChI is InChI=1S/C21H31N3O3/c1-2-16-3-5-18(6-4-16)23-21(26)20(25)22-15-17-7-11-24(12-8-17)19-9-13-27-14-10-19/h3-6,17,19H,2,7-15H2,1H3,(H,22,25)(H,23,26). The molecule has 0 saturated carbocycles. The zero-order valence-electron chi connectivity index (χ0n) is 16.2. The lowest BCUT2D eigenvalue weighted by Gasteiger charge is -2.39. The molecule has 0 unspecified atom stereocenters. The predicted octanol–water partition coefficient (Wildman–Crippen LogP) is 2.19. The maximum absolute atomic E-state index is 12.1. The van der Waals surface area contributed by atoms with Gasteiger partial charge in [-0.1, -0.05) is 19.1 Å². The highest BCUT2D eigenvalue weighted by Crippen LogP contribution is 2.22. The average Bonchev–Trinajstić information content (AvgIpc) is 2.73. The highest BCUT2D eigenvalue weighted by Gasteiger charge is 2.27. The van der Waals surface area contributed by atoms with Crippen LogP contribution in [-0.2, 0) is 20.7 Å². The number of benzene rings is 1. The first kappa shape index (κ1) is 19.8. The van der Waals surface area contributed by atoms with Gasteiger partial charge in [0.25, 0.3) is 0 Å². The summed E-state index contributed by atoms with van der Waals surface area (Å²) in [5.74, 6) is -0.706. The summed E-state index contributed by atoms with van der Waals surface area (Å²) in [6.45, 7) is 6.54. The van der Waals surface area contributed by atoms with E-state index in [9.17, 15) is 9.59 Å². The van der Waals surface area contributed by atoms with Gasteiger partial charge in [-0.25, -0.2) is 0 Å². The first-order valence-corrected chi connectivity index (χ1v) is 10.2. The van der Waals surface area contributed by atoms with Gasteiger partial charge in [-0.3, -0.25) is 9.59 Å². The quantitative estimate of drug-likeness (QED) is 0.777. The van der Waals surface area contributed by atoms with E-state index in [4.69, 9.17) is 4.74 Å². The third-order valence-corrected chi connectivity index (χ3v) is 5.73. The fraction of sp³-hybridized carbons (Fsp3) is 0.619. The molecule has 2 aliphatic rings. The molecule has 148 valence electrons. The van der Waals surface area contributed by atoms with Crippen molar-refractivity contribution in [2.45, 2.75) is 45.1 Å². The van der Waals surface area contributed by atoms with Crippen molar-refractivity contribution < 1.29 is 14.3 Å². The highest BCUT2D eigenvalue weighted by molar-refractivity contribution is 6.39. The lowest BCUT2D eigenvalue weighted by molar-refractivity contribution is -0.136. The van der Waals surface area contributed by atoms with Gasteiger partial charge in [0, 0.05) is 31.5 Å². The van der Waals surface area contributed by atoms with E-state index in [1.807, 2.05) is 24.3 Å². The van der Waals surface area contributed by atoms with Crippen LogP contribution < -0.4 is 10.6 Å². The summed E-state index contributed by atoms with van der Waals surface area (Å²) in [7, 11) is 0. The van der Waals surface area contributed by atoms with Crippen molar-refractivity contribution in [1.82, 2.24) is 10.2 Å². The van der Waals surface area contributed by atoms with Gasteiger partial charge in [0.2, 0.25) is 0 Å². The molecule has 27 heavy (non-hydrogen) atoms. The lowest BCUT2D eigenvalue weighted by atomic mass is 9.94. The number of anilines is 1. The molecule has 2 aliphatic heterocycles. The Morgan fingerprint density at radius 3 is 2.33 bits per heavy atom. The van der Waals surface area contributed by atoms with Gasteiger partial charge in [0.05, 0.1) is 0 Å². The maximum atomic E-state index is 12.1. The van der Waals surface area contributed by atoms with E-state index in [2.05, 4.69) is 22.5 Å². The van der Waals surface area contributed by atoms with Crippen LogP contribution in [0.4, 0.5) is 5.69 Å². The van der Waals surface area contributed by atoms with Crippen molar-refractivity contribution >= 4 is 17.5 Å². The van der Waals surface area contributed by atoms with E-state index in [-0.39, 0.29) is 0 Å². The summed E-state index contributed by atoms with van der Waals surface area (Å²) in [6.07, 6.45) is 5.33. The highest BCUT2D eigenvalue weighted by atomic mass is 16.5. The van der Waals surface area contributed by atoms with Crippen LogP contribution in [0.5, 0.6) is 0 Å². The number of piperidine rings is 1. The van der Waals surface area contributed by atoms with Crippen molar-refractivity contribution in [1.29, 1.82) is 0 Å². The van der Waals surface area contributed by atoms with E-state index >= 15 is 0 Å². The number of hydrogen-bond donors (Lipinski definition) is 2. The van der Waals surface area contributed by atoms with E-state index in [0.29, 0.717) is 24.2 Å². The molecule has 6 heteroatoms. The Kier molecular flexibility index (Phi) is 7.24. The Hall–Kier alpha value is -1.92. The maximum Gasteiger partial charge on any atom is 0.313 e. The molecule has 2 N–H and O–H groups in total. The molecule has 2 fully saturated rings. The monoisotopic (exact) mass is 373 g/mol. The Labute approximate surface area is 161 Å². The van der Waals surface area contributed by atoms with Crippen LogP contribution in [0, 0.1) is 5.92 Å². The number of nitrogens with zero attached hydrogens (tertiary/aromatic N) is 1. The van der Waals surface area contributed by atoms with E-state index in [1.165, 1.54) is 5.56 Å². The zero-order valence-corrected chi connectivity index (χ0v) is 16.2. The molecule has 1 aromatic carbocycles. The Balaban J connectivity index is 1.36. The molecule has 1 aromatic rings. The first-order chi connectivity index (χ1) is 13.2. The Morgan fingerprint density at radius 1 is 1.04 bits per heavy atom. The minimum absolute atomic E-state index is 0.446. The number of hydrogen-bond acceptors (Lipinski definition) is 4. The van der Waals surface area contributed by atoms with Gasteiger partial charge >= 0.3 is 11.8 Å². The third kappa shape index (κ3) is 5.78. The van der Waals surface area contributed by atoms with Gasteiger partial charge in [-0.15, -0.1) is 0 Å². The topological polar surface area (TPSA) is 70.7 Å². The van der Waals surface area contributed by atoms with Crippen molar-refractivity contribution in [3.8, 4) is 0 Å². The number of ether oxygens (including phenoxy) is 1. The molecule has 2 heterocycles. The summed E-state index contributed by atoms with van der Waals surface area (Å²) >= 11 is 0. The lowest BCUT2D eigenvalue weighted by Crippen LogP contribution is -2.46. The van der Waals surface area contributed by atoms with Crippen molar-refractivity contribution in [3.63, 3.8) is 0 Å². The zero-order chi connectivity index (χ0) is 19.1. The van der Waals surface area contributed by atoms with Crippen molar-refractivity contribution in [3.05, 3.63) is 29.8 Å². The van der Waals surface area contributed by atoms with E-state index < -0.39 is 11.8 Å². The van der Waals surface area contributed by atoms with Gasteiger partial charge in [0.15, 0.2) is 0 Å². The van der Waals surface area contributed by atoms with Crippen LogP contribution in [0.15, 0.2) is 24.3 Å². The molecule has 0 aromatic heterocycles. The minimum atomic E-state index is -0.598. The molecule has 0 atom stereocenters.